The first-order valence-corrected chi connectivity index (χ1v) is 5.85. The van der Waals surface area contributed by atoms with Crippen LogP contribution in [-0.2, 0) is 0 Å². The Bertz CT molecular complexity index is 750. The van der Waals surface area contributed by atoms with E-state index in [4.69, 9.17) is 10.5 Å². The number of rotatable bonds is 2. The summed E-state index contributed by atoms with van der Waals surface area (Å²) >= 11 is 0. The standard InChI is InChI=1S/C13H13N5O/c1-8-3-4-11(10(14)7-8)19-13-12-17-16-9(2)18(12)6-5-15-13/h3-7H,14H2,1-2H3. The van der Waals surface area contributed by atoms with Crippen LogP contribution in [0.3, 0.4) is 0 Å². The molecule has 0 atom stereocenters. The van der Waals surface area contributed by atoms with Gasteiger partial charge >= 0.3 is 0 Å². The maximum absolute atomic E-state index is 5.92. The molecule has 96 valence electrons. The van der Waals surface area contributed by atoms with Gasteiger partial charge in [0.15, 0.2) is 5.75 Å². The van der Waals surface area contributed by atoms with Crippen molar-refractivity contribution in [1.29, 1.82) is 0 Å². The normalized spacial score (nSPS) is 10.8. The van der Waals surface area contributed by atoms with Gasteiger partial charge in [0.2, 0.25) is 5.65 Å². The van der Waals surface area contributed by atoms with Crippen LogP contribution in [0.5, 0.6) is 11.6 Å². The second kappa shape index (κ2) is 4.24. The number of hydrogen-bond acceptors (Lipinski definition) is 5. The topological polar surface area (TPSA) is 78.3 Å². The first kappa shape index (κ1) is 11.5. The van der Waals surface area contributed by atoms with Crippen molar-refractivity contribution >= 4 is 11.3 Å². The highest BCUT2D eigenvalue weighted by molar-refractivity contribution is 5.58. The van der Waals surface area contributed by atoms with Gasteiger partial charge in [-0.2, -0.15) is 0 Å². The van der Waals surface area contributed by atoms with Crippen molar-refractivity contribution in [3.63, 3.8) is 0 Å². The molecule has 0 bridgehead atoms. The number of nitrogens with two attached hydrogens (primary N) is 1. The van der Waals surface area contributed by atoms with E-state index in [9.17, 15) is 0 Å². The number of ether oxygens (including phenoxy) is 1. The van der Waals surface area contributed by atoms with Gasteiger partial charge in [0.1, 0.15) is 5.82 Å². The molecule has 1 aromatic carbocycles. The molecule has 6 nitrogen and oxygen atoms in total. The monoisotopic (exact) mass is 255 g/mol. The van der Waals surface area contributed by atoms with Crippen LogP contribution >= 0.6 is 0 Å². The molecule has 0 aliphatic rings. The van der Waals surface area contributed by atoms with Gasteiger partial charge in [0, 0.05) is 12.4 Å². The summed E-state index contributed by atoms with van der Waals surface area (Å²) in [5, 5.41) is 8.04. The summed E-state index contributed by atoms with van der Waals surface area (Å²) in [6.07, 6.45) is 3.43. The fourth-order valence-electron chi connectivity index (χ4n) is 1.86. The van der Waals surface area contributed by atoms with Gasteiger partial charge in [-0.05, 0) is 31.5 Å². The molecule has 0 spiro atoms. The van der Waals surface area contributed by atoms with Crippen molar-refractivity contribution < 1.29 is 4.74 Å². The van der Waals surface area contributed by atoms with Crippen molar-refractivity contribution in [3.8, 4) is 11.6 Å². The number of hydrogen-bond donors (Lipinski definition) is 1. The molecule has 3 aromatic rings. The van der Waals surface area contributed by atoms with E-state index in [1.54, 1.807) is 12.4 Å². The predicted molar refractivity (Wildman–Crippen MR) is 71.2 cm³/mol. The SMILES string of the molecule is Cc1ccc(Oc2nccn3c(C)nnc23)c(N)c1. The minimum atomic E-state index is 0.388. The summed E-state index contributed by atoms with van der Waals surface area (Å²) in [4.78, 5) is 4.18. The molecule has 0 aliphatic heterocycles. The highest BCUT2D eigenvalue weighted by atomic mass is 16.5. The highest BCUT2D eigenvalue weighted by Crippen LogP contribution is 2.28. The highest BCUT2D eigenvalue weighted by Gasteiger charge is 2.11. The molecule has 0 unspecified atom stereocenters. The molecular weight excluding hydrogens is 242 g/mol. The second-order valence-corrected chi connectivity index (χ2v) is 4.32. The zero-order chi connectivity index (χ0) is 13.4. The lowest BCUT2D eigenvalue weighted by molar-refractivity contribution is 0.467. The third-order valence-corrected chi connectivity index (χ3v) is 2.84. The quantitative estimate of drug-likeness (QED) is 0.709. The molecule has 0 saturated heterocycles. The van der Waals surface area contributed by atoms with Crippen LogP contribution in [-0.4, -0.2) is 19.6 Å². The first-order chi connectivity index (χ1) is 9.15. The lowest BCUT2D eigenvalue weighted by atomic mass is 10.2. The molecule has 2 N–H and O–H groups in total. The summed E-state index contributed by atoms with van der Waals surface area (Å²) in [5.74, 6) is 1.73. The van der Waals surface area contributed by atoms with Gasteiger partial charge in [-0.15, -0.1) is 10.2 Å². The summed E-state index contributed by atoms with van der Waals surface area (Å²) in [5.41, 5.74) is 8.14. The van der Waals surface area contributed by atoms with Crippen LogP contribution in [0.1, 0.15) is 11.4 Å². The molecule has 6 heteroatoms. The number of nitrogens with zero attached hydrogens (tertiary/aromatic N) is 4. The minimum absolute atomic E-state index is 0.388. The fraction of sp³-hybridized carbons (Fsp3) is 0.154. The number of nitrogen functional groups attached to an aromatic ring is 1. The Hall–Kier alpha value is -2.63. The van der Waals surface area contributed by atoms with Gasteiger partial charge in [-0.25, -0.2) is 4.98 Å². The van der Waals surface area contributed by atoms with Crippen LogP contribution in [0, 0.1) is 13.8 Å². The Morgan fingerprint density at radius 2 is 2.05 bits per heavy atom. The molecule has 3 rings (SSSR count). The van der Waals surface area contributed by atoms with E-state index in [1.165, 1.54) is 0 Å². The zero-order valence-corrected chi connectivity index (χ0v) is 10.7. The summed E-state index contributed by atoms with van der Waals surface area (Å²) in [7, 11) is 0. The van der Waals surface area contributed by atoms with E-state index >= 15 is 0 Å². The van der Waals surface area contributed by atoms with Gasteiger partial charge in [-0.1, -0.05) is 6.07 Å². The molecule has 0 fully saturated rings. The van der Waals surface area contributed by atoms with E-state index in [2.05, 4.69) is 15.2 Å². The van der Waals surface area contributed by atoms with Crippen molar-refractivity contribution in [2.75, 3.05) is 5.73 Å². The number of anilines is 1. The van der Waals surface area contributed by atoms with Crippen molar-refractivity contribution in [2.24, 2.45) is 0 Å². The molecule has 0 saturated carbocycles. The Morgan fingerprint density at radius 3 is 2.84 bits per heavy atom. The minimum Gasteiger partial charge on any atom is -0.434 e. The average molecular weight is 255 g/mol. The predicted octanol–water partition coefficient (Wildman–Crippen LogP) is 2.12. The molecule has 19 heavy (non-hydrogen) atoms. The lowest BCUT2D eigenvalue weighted by Gasteiger charge is -2.08. The van der Waals surface area contributed by atoms with Gasteiger partial charge < -0.3 is 10.5 Å². The second-order valence-electron chi connectivity index (χ2n) is 4.32. The molecule has 2 aromatic heterocycles. The third kappa shape index (κ3) is 1.97. The van der Waals surface area contributed by atoms with E-state index in [0.717, 1.165) is 11.4 Å². The summed E-state index contributed by atoms with van der Waals surface area (Å²) < 4.78 is 7.54. The number of aromatic nitrogens is 4. The van der Waals surface area contributed by atoms with Crippen molar-refractivity contribution in [2.45, 2.75) is 13.8 Å². The smallest absolute Gasteiger partial charge is 0.265 e. The Balaban J connectivity index is 2.06. The third-order valence-electron chi connectivity index (χ3n) is 2.84. The zero-order valence-electron chi connectivity index (χ0n) is 10.7. The lowest BCUT2D eigenvalue weighted by Crippen LogP contribution is -1.97. The van der Waals surface area contributed by atoms with Crippen LogP contribution in [0.25, 0.3) is 5.65 Å². The fourth-order valence-corrected chi connectivity index (χ4v) is 1.86. The van der Waals surface area contributed by atoms with Crippen LogP contribution in [0.15, 0.2) is 30.6 Å². The number of fused-ring (bicyclic) bond motifs is 1. The number of aryl methyl sites for hydroxylation is 2. The van der Waals surface area contributed by atoms with E-state index in [1.807, 2.05) is 36.4 Å². The molecular formula is C13H13N5O. The van der Waals surface area contributed by atoms with E-state index in [0.29, 0.717) is 23.0 Å². The summed E-state index contributed by atoms with van der Waals surface area (Å²) in [6, 6.07) is 5.60. The van der Waals surface area contributed by atoms with Gasteiger partial charge in [-0.3, -0.25) is 4.40 Å². The average Bonchev–Trinajstić information content (AvgIpc) is 2.76. The van der Waals surface area contributed by atoms with Crippen molar-refractivity contribution in [1.82, 2.24) is 19.6 Å². The molecule has 0 radical (unpaired) electrons. The van der Waals surface area contributed by atoms with E-state index < -0.39 is 0 Å². The maximum Gasteiger partial charge on any atom is 0.265 e. The number of benzene rings is 1. The van der Waals surface area contributed by atoms with Crippen molar-refractivity contribution in [3.05, 3.63) is 42.0 Å². The first-order valence-electron chi connectivity index (χ1n) is 5.85. The van der Waals surface area contributed by atoms with Gasteiger partial charge in [0.25, 0.3) is 5.88 Å². The Kier molecular flexibility index (Phi) is 2.56. The van der Waals surface area contributed by atoms with Crippen LogP contribution in [0.4, 0.5) is 5.69 Å². The van der Waals surface area contributed by atoms with Gasteiger partial charge in [0.05, 0.1) is 5.69 Å². The largest absolute Gasteiger partial charge is 0.434 e. The maximum atomic E-state index is 5.92. The van der Waals surface area contributed by atoms with E-state index in [-0.39, 0.29) is 0 Å². The Labute approximate surface area is 109 Å². The molecule has 0 aliphatic carbocycles. The van der Waals surface area contributed by atoms with Crippen LogP contribution in [0.2, 0.25) is 0 Å². The molecule has 0 amide bonds. The Morgan fingerprint density at radius 1 is 1.21 bits per heavy atom. The summed E-state index contributed by atoms with van der Waals surface area (Å²) in [6.45, 7) is 3.84. The van der Waals surface area contributed by atoms with Crippen LogP contribution < -0.4 is 10.5 Å². The molecule has 2 heterocycles.